The summed E-state index contributed by atoms with van der Waals surface area (Å²) in [6.07, 6.45) is 0. The Labute approximate surface area is 141 Å². The van der Waals surface area contributed by atoms with Crippen molar-refractivity contribution >= 4 is 50.7 Å². The number of aryl methyl sites for hydroxylation is 1. The first-order valence-corrected chi connectivity index (χ1v) is 7.85. The lowest BCUT2D eigenvalue weighted by molar-refractivity contribution is 0.415. The predicted octanol–water partition coefficient (Wildman–Crippen LogP) is 6.40. The summed E-state index contributed by atoms with van der Waals surface area (Å²) < 4.78 is 6.18. The lowest BCUT2D eigenvalue weighted by Gasteiger charge is -2.15. The number of ether oxygens (including phenoxy) is 1. The quantitative estimate of drug-likeness (QED) is 0.547. The Hall–Kier alpha value is -0.410. The normalized spacial score (nSPS) is 12.3. The fraction of sp³-hybridized carbons (Fsp3) is 0.200. The zero-order chi connectivity index (χ0) is 14.9. The molecule has 5 heteroatoms. The zero-order valence-electron chi connectivity index (χ0n) is 10.9. The van der Waals surface area contributed by atoms with Gasteiger partial charge in [0.05, 0.1) is 17.5 Å². The summed E-state index contributed by atoms with van der Waals surface area (Å²) in [6.45, 7) is 2.01. The van der Waals surface area contributed by atoms with Gasteiger partial charge in [0.2, 0.25) is 0 Å². The largest absolute Gasteiger partial charge is 0.495 e. The summed E-state index contributed by atoms with van der Waals surface area (Å²) in [5.74, 6) is 0.538. The molecule has 20 heavy (non-hydrogen) atoms. The molecule has 0 amide bonds. The maximum atomic E-state index is 6.53. The topological polar surface area (TPSA) is 9.23 Å². The standard InChI is InChI=1S/C15H12BrCl3O/c1-8-5-9(3-4-11(8)16)15(19)10-6-13(18)14(20-2)7-12(10)17/h3-7,15H,1-2H3. The molecule has 0 aliphatic heterocycles. The molecule has 0 N–H and O–H groups in total. The van der Waals surface area contributed by atoms with Crippen LogP contribution in [0.25, 0.3) is 0 Å². The van der Waals surface area contributed by atoms with Gasteiger partial charge in [-0.25, -0.2) is 0 Å². The van der Waals surface area contributed by atoms with E-state index in [1.165, 1.54) is 0 Å². The van der Waals surface area contributed by atoms with Crippen molar-refractivity contribution in [2.75, 3.05) is 7.11 Å². The third-order valence-corrected chi connectivity index (χ3v) is 5.02. The highest BCUT2D eigenvalue weighted by Gasteiger charge is 2.17. The molecule has 1 unspecified atom stereocenters. The van der Waals surface area contributed by atoms with Crippen molar-refractivity contribution in [3.8, 4) is 5.75 Å². The third-order valence-electron chi connectivity index (χ3n) is 3.02. The van der Waals surface area contributed by atoms with Gasteiger partial charge in [-0.05, 0) is 35.7 Å². The van der Waals surface area contributed by atoms with Crippen LogP contribution < -0.4 is 4.74 Å². The van der Waals surface area contributed by atoms with Gasteiger partial charge in [0.25, 0.3) is 0 Å². The number of alkyl halides is 1. The molecular formula is C15H12BrCl3O. The van der Waals surface area contributed by atoms with E-state index in [-0.39, 0.29) is 5.38 Å². The molecule has 0 saturated carbocycles. The van der Waals surface area contributed by atoms with E-state index in [1.54, 1.807) is 19.2 Å². The van der Waals surface area contributed by atoms with Gasteiger partial charge < -0.3 is 4.74 Å². The van der Waals surface area contributed by atoms with E-state index in [4.69, 9.17) is 39.5 Å². The minimum absolute atomic E-state index is 0.363. The number of hydrogen-bond acceptors (Lipinski definition) is 1. The van der Waals surface area contributed by atoms with E-state index in [2.05, 4.69) is 15.9 Å². The van der Waals surface area contributed by atoms with Gasteiger partial charge in [0, 0.05) is 15.6 Å². The summed E-state index contributed by atoms with van der Waals surface area (Å²) >= 11 is 22.4. The molecule has 1 atom stereocenters. The van der Waals surface area contributed by atoms with Crippen molar-refractivity contribution in [3.05, 3.63) is 61.5 Å². The minimum atomic E-state index is -0.363. The van der Waals surface area contributed by atoms with Crippen molar-refractivity contribution in [3.63, 3.8) is 0 Å². The van der Waals surface area contributed by atoms with Crippen molar-refractivity contribution < 1.29 is 4.74 Å². The van der Waals surface area contributed by atoms with Crippen molar-refractivity contribution in [2.45, 2.75) is 12.3 Å². The average molecular weight is 395 g/mol. The van der Waals surface area contributed by atoms with E-state index in [0.717, 1.165) is 21.2 Å². The first kappa shape index (κ1) is 16.0. The number of halogens is 4. The average Bonchev–Trinajstić information content (AvgIpc) is 2.43. The molecule has 0 saturated heterocycles. The first-order chi connectivity index (χ1) is 9.43. The van der Waals surface area contributed by atoms with E-state index < -0.39 is 0 Å². The molecule has 2 aromatic carbocycles. The molecular weight excluding hydrogens is 382 g/mol. The molecule has 0 aliphatic rings. The molecule has 2 rings (SSSR count). The predicted molar refractivity (Wildman–Crippen MR) is 89.6 cm³/mol. The summed E-state index contributed by atoms with van der Waals surface area (Å²) in [7, 11) is 1.55. The Morgan fingerprint density at radius 2 is 1.80 bits per heavy atom. The summed E-state index contributed by atoms with van der Waals surface area (Å²) in [6, 6.07) is 9.39. The highest BCUT2D eigenvalue weighted by atomic mass is 79.9. The van der Waals surface area contributed by atoms with Gasteiger partial charge in [-0.3, -0.25) is 0 Å². The Bertz CT molecular complexity index is 643. The van der Waals surface area contributed by atoms with Gasteiger partial charge in [0.15, 0.2) is 0 Å². The second kappa shape index (κ2) is 6.57. The second-order valence-corrected chi connectivity index (χ2v) is 6.48. The monoisotopic (exact) mass is 392 g/mol. The Morgan fingerprint density at radius 3 is 2.40 bits per heavy atom. The number of rotatable bonds is 3. The van der Waals surface area contributed by atoms with Crippen LogP contribution in [0.5, 0.6) is 5.75 Å². The lowest BCUT2D eigenvalue weighted by atomic mass is 10.0. The smallest absolute Gasteiger partial charge is 0.138 e. The van der Waals surface area contributed by atoms with Gasteiger partial charge in [0.1, 0.15) is 5.75 Å². The molecule has 0 bridgehead atoms. The minimum Gasteiger partial charge on any atom is -0.495 e. The van der Waals surface area contributed by atoms with Gasteiger partial charge in [-0.2, -0.15) is 0 Å². The number of benzene rings is 2. The molecule has 0 fully saturated rings. The van der Waals surface area contributed by atoms with E-state index in [9.17, 15) is 0 Å². The van der Waals surface area contributed by atoms with Gasteiger partial charge in [-0.1, -0.05) is 51.3 Å². The van der Waals surface area contributed by atoms with Crippen LogP contribution in [-0.2, 0) is 0 Å². The summed E-state index contributed by atoms with van der Waals surface area (Å²) in [5.41, 5.74) is 2.85. The molecule has 2 aromatic rings. The molecule has 0 heterocycles. The zero-order valence-corrected chi connectivity index (χ0v) is 14.7. The lowest BCUT2D eigenvalue weighted by Crippen LogP contribution is -1.97. The SMILES string of the molecule is COc1cc(Cl)c(C(Cl)c2ccc(Br)c(C)c2)cc1Cl. The van der Waals surface area contributed by atoms with Crippen LogP contribution in [0, 0.1) is 6.92 Å². The summed E-state index contributed by atoms with van der Waals surface area (Å²) in [5, 5.41) is 0.663. The molecule has 0 radical (unpaired) electrons. The fourth-order valence-corrected chi connectivity index (χ4v) is 3.03. The fourth-order valence-electron chi connectivity index (χ4n) is 1.90. The van der Waals surface area contributed by atoms with Crippen LogP contribution in [0.2, 0.25) is 10.0 Å². The third kappa shape index (κ3) is 3.25. The Morgan fingerprint density at radius 1 is 1.10 bits per heavy atom. The molecule has 0 spiro atoms. The van der Waals surface area contributed by atoms with Crippen molar-refractivity contribution in [1.29, 1.82) is 0 Å². The maximum Gasteiger partial charge on any atom is 0.138 e. The van der Waals surface area contributed by atoms with Gasteiger partial charge in [-0.15, -0.1) is 11.6 Å². The highest BCUT2D eigenvalue weighted by molar-refractivity contribution is 9.10. The van der Waals surface area contributed by atoms with Crippen LogP contribution in [0.4, 0.5) is 0 Å². The Balaban J connectivity index is 2.45. The van der Waals surface area contributed by atoms with E-state index >= 15 is 0 Å². The Kier molecular flexibility index (Phi) is 5.25. The van der Waals surface area contributed by atoms with Crippen LogP contribution in [0.3, 0.4) is 0 Å². The maximum absolute atomic E-state index is 6.53. The molecule has 1 nitrogen and oxygen atoms in total. The van der Waals surface area contributed by atoms with Crippen LogP contribution in [0.1, 0.15) is 22.1 Å². The second-order valence-electron chi connectivity index (χ2n) is 4.38. The van der Waals surface area contributed by atoms with E-state index in [0.29, 0.717) is 15.8 Å². The van der Waals surface area contributed by atoms with Crippen LogP contribution >= 0.6 is 50.7 Å². The van der Waals surface area contributed by atoms with Crippen LogP contribution in [0.15, 0.2) is 34.8 Å². The highest BCUT2D eigenvalue weighted by Crippen LogP contribution is 2.39. The van der Waals surface area contributed by atoms with E-state index in [1.807, 2.05) is 25.1 Å². The first-order valence-electron chi connectivity index (χ1n) is 5.87. The van der Waals surface area contributed by atoms with Crippen LogP contribution in [-0.4, -0.2) is 7.11 Å². The number of hydrogen-bond donors (Lipinski definition) is 0. The number of methoxy groups -OCH3 is 1. The van der Waals surface area contributed by atoms with Crippen molar-refractivity contribution in [2.24, 2.45) is 0 Å². The van der Waals surface area contributed by atoms with Gasteiger partial charge >= 0.3 is 0 Å². The molecule has 0 aliphatic carbocycles. The summed E-state index contributed by atoms with van der Waals surface area (Å²) in [4.78, 5) is 0. The molecule has 106 valence electrons. The van der Waals surface area contributed by atoms with Crippen molar-refractivity contribution in [1.82, 2.24) is 0 Å². The molecule has 0 aromatic heterocycles.